The third kappa shape index (κ3) is 3.92. The first-order chi connectivity index (χ1) is 10.8. The van der Waals surface area contributed by atoms with E-state index in [4.69, 9.17) is 0 Å². The second-order valence-corrected chi connectivity index (χ2v) is 8.20. The Morgan fingerprint density at radius 3 is 2.74 bits per heavy atom. The Hall–Kier alpha value is -0.580. The van der Waals surface area contributed by atoms with Gasteiger partial charge in [-0.1, -0.05) is 0 Å². The molecule has 0 aromatic carbocycles. The molecule has 2 heterocycles. The molecule has 1 saturated heterocycles. The fourth-order valence-electron chi connectivity index (χ4n) is 3.92. The van der Waals surface area contributed by atoms with Crippen molar-refractivity contribution in [3.05, 3.63) is 21.9 Å². The van der Waals surface area contributed by atoms with Gasteiger partial charge in [-0.2, -0.15) is 0 Å². The summed E-state index contributed by atoms with van der Waals surface area (Å²) in [6, 6.07) is 2.82. The van der Waals surface area contributed by atoms with Gasteiger partial charge < -0.3 is 10.2 Å². The average molecular weight is 355 g/mol. The Balaban J connectivity index is 0.00000156. The highest BCUT2D eigenvalue weighted by atomic mass is 35.5. The largest absolute Gasteiger partial charge is 0.342 e. The Labute approximate surface area is 149 Å². The van der Waals surface area contributed by atoms with Crippen molar-refractivity contribution in [1.29, 1.82) is 0 Å². The number of carbonyl (C=O) groups excluding carboxylic acids is 1. The van der Waals surface area contributed by atoms with Crippen molar-refractivity contribution in [3.8, 4) is 0 Å². The van der Waals surface area contributed by atoms with Crippen LogP contribution >= 0.6 is 23.7 Å². The highest BCUT2D eigenvalue weighted by molar-refractivity contribution is 7.10. The molecule has 1 aromatic heterocycles. The van der Waals surface area contributed by atoms with Gasteiger partial charge in [0.05, 0.1) is 5.92 Å². The minimum atomic E-state index is 0. The molecule has 1 atom stereocenters. The molecule has 1 amide bonds. The number of carbonyl (C=O) groups is 1. The number of hydrogen-bond donors (Lipinski definition) is 1. The van der Waals surface area contributed by atoms with E-state index in [1.807, 2.05) is 11.3 Å². The van der Waals surface area contributed by atoms with E-state index in [9.17, 15) is 4.79 Å². The van der Waals surface area contributed by atoms with E-state index in [0.717, 1.165) is 38.3 Å². The summed E-state index contributed by atoms with van der Waals surface area (Å²) in [5.41, 5.74) is 1.33. The van der Waals surface area contributed by atoms with Crippen LogP contribution in [0.3, 0.4) is 0 Å². The second-order valence-electron chi connectivity index (χ2n) is 7.20. The van der Waals surface area contributed by atoms with Gasteiger partial charge >= 0.3 is 0 Å². The molecule has 1 unspecified atom stereocenters. The van der Waals surface area contributed by atoms with E-state index < -0.39 is 0 Å². The third-order valence-corrected chi connectivity index (χ3v) is 6.55. The summed E-state index contributed by atoms with van der Waals surface area (Å²) < 4.78 is 0. The second kappa shape index (κ2) is 7.54. The summed E-state index contributed by atoms with van der Waals surface area (Å²) in [6.07, 6.45) is 8.46. The number of hydrogen-bond acceptors (Lipinski definition) is 3. The zero-order chi connectivity index (χ0) is 14.9. The smallest absolute Gasteiger partial charge is 0.230 e. The zero-order valence-electron chi connectivity index (χ0n) is 13.6. The number of nitrogens with zero attached hydrogens (tertiary/aromatic N) is 1. The summed E-state index contributed by atoms with van der Waals surface area (Å²) in [5, 5.41) is 5.85. The maximum Gasteiger partial charge on any atom is 0.230 e. The Kier molecular flexibility index (Phi) is 5.65. The zero-order valence-corrected chi connectivity index (χ0v) is 15.3. The summed E-state index contributed by atoms with van der Waals surface area (Å²) in [7, 11) is 0. The quantitative estimate of drug-likeness (QED) is 0.896. The minimum absolute atomic E-state index is 0. The van der Waals surface area contributed by atoms with Gasteiger partial charge in [0.1, 0.15) is 0 Å². The predicted octanol–water partition coefficient (Wildman–Crippen LogP) is 3.58. The summed E-state index contributed by atoms with van der Waals surface area (Å²) >= 11 is 1.83. The summed E-state index contributed by atoms with van der Waals surface area (Å²) in [6.45, 7) is 3.08. The fourth-order valence-corrected chi connectivity index (χ4v) is 4.91. The normalized spacial score (nSPS) is 24.9. The number of rotatable bonds is 4. The lowest BCUT2D eigenvalue weighted by Crippen LogP contribution is -2.47. The lowest BCUT2D eigenvalue weighted by Gasteiger charge is -2.35. The number of aryl methyl sites for hydroxylation is 1. The number of thiophene rings is 1. The van der Waals surface area contributed by atoms with Crippen LogP contribution in [0, 0.1) is 5.92 Å². The molecule has 3 aliphatic rings. The highest BCUT2D eigenvalue weighted by Crippen LogP contribution is 2.36. The van der Waals surface area contributed by atoms with E-state index in [2.05, 4.69) is 21.7 Å². The fraction of sp³-hybridized carbons (Fsp3) is 0.722. The molecule has 0 bridgehead atoms. The number of piperidine rings is 1. The summed E-state index contributed by atoms with van der Waals surface area (Å²) in [4.78, 5) is 16.5. The molecule has 1 saturated carbocycles. The monoisotopic (exact) mass is 354 g/mol. The number of fused-ring (bicyclic) bond motifs is 1. The third-order valence-electron chi connectivity index (χ3n) is 5.55. The maximum atomic E-state index is 12.9. The molecular formula is C18H27ClN2OS. The van der Waals surface area contributed by atoms with Gasteiger partial charge in [-0.3, -0.25) is 4.79 Å². The van der Waals surface area contributed by atoms with Crippen molar-refractivity contribution in [1.82, 2.24) is 10.2 Å². The molecule has 1 aliphatic heterocycles. The van der Waals surface area contributed by atoms with E-state index >= 15 is 0 Å². The number of likely N-dealkylation sites (tertiary alicyclic amines) is 1. The van der Waals surface area contributed by atoms with Crippen molar-refractivity contribution in [2.45, 2.75) is 56.9 Å². The van der Waals surface area contributed by atoms with Gasteiger partial charge in [-0.05, 0) is 74.4 Å². The van der Waals surface area contributed by atoms with Crippen molar-refractivity contribution in [3.63, 3.8) is 0 Å². The molecule has 5 heteroatoms. The molecule has 1 aromatic rings. The van der Waals surface area contributed by atoms with Gasteiger partial charge in [-0.25, -0.2) is 0 Å². The Morgan fingerprint density at radius 2 is 2.00 bits per heavy atom. The van der Waals surface area contributed by atoms with Crippen molar-refractivity contribution in [2.75, 3.05) is 19.6 Å². The molecule has 4 rings (SSSR count). The molecule has 1 N–H and O–H groups in total. The van der Waals surface area contributed by atoms with Crippen LogP contribution in [0.2, 0.25) is 0 Å². The highest BCUT2D eigenvalue weighted by Gasteiger charge is 2.32. The topological polar surface area (TPSA) is 32.3 Å². The first-order valence-corrected chi connectivity index (χ1v) is 9.77. The number of nitrogens with one attached hydrogen (secondary N) is 1. The first-order valence-electron chi connectivity index (χ1n) is 8.89. The van der Waals surface area contributed by atoms with Crippen LogP contribution in [0.25, 0.3) is 0 Å². The molecule has 128 valence electrons. The molecule has 23 heavy (non-hydrogen) atoms. The van der Waals surface area contributed by atoms with E-state index in [1.54, 1.807) is 0 Å². The minimum Gasteiger partial charge on any atom is -0.342 e. The van der Waals surface area contributed by atoms with Crippen LogP contribution in [0.5, 0.6) is 0 Å². The predicted molar refractivity (Wildman–Crippen MR) is 97.6 cm³/mol. The van der Waals surface area contributed by atoms with Crippen molar-refractivity contribution < 1.29 is 4.79 Å². The van der Waals surface area contributed by atoms with Gasteiger partial charge in [-0.15, -0.1) is 23.7 Å². The standard InChI is InChI=1S/C18H26N2OS.ClH/c21-18(16-2-1-3-17-15(16)8-11-22-17)20-9-6-14(7-10-20)19-12-13-4-5-13;/h8,11,13-14,16,19H,1-7,9-10,12H2;1H. The average Bonchev–Trinajstić information content (AvgIpc) is 3.27. The van der Waals surface area contributed by atoms with Crippen LogP contribution in [0.4, 0.5) is 0 Å². The van der Waals surface area contributed by atoms with Crippen LogP contribution in [0.15, 0.2) is 11.4 Å². The van der Waals surface area contributed by atoms with Crippen molar-refractivity contribution in [2.24, 2.45) is 5.92 Å². The van der Waals surface area contributed by atoms with Crippen LogP contribution in [0.1, 0.15) is 54.9 Å². The van der Waals surface area contributed by atoms with Gasteiger partial charge in [0, 0.05) is 24.0 Å². The summed E-state index contributed by atoms with van der Waals surface area (Å²) in [5.74, 6) is 1.48. The number of halogens is 1. The van der Waals surface area contributed by atoms with E-state index in [0.29, 0.717) is 11.9 Å². The molecule has 2 aliphatic carbocycles. The molecule has 3 nitrogen and oxygen atoms in total. The van der Waals surface area contributed by atoms with Gasteiger partial charge in [0.15, 0.2) is 0 Å². The number of amides is 1. The van der Waals surface area contributed by atoms with Crippen molar-refractivity contribution >= 4 is 29.7 Å². The lowest BCUT2D eigenvalue weighted by molar-refractivity contribution is -0.134. The Bertz CT molecular complexity index is 535. The van der Waals surface area contributed by atoms with Crippen LogP contribution in [-0.4, -0.2) is 36.5 Å². The van der Waals surface area contributed by atoms with Gasteiger partial charge in [0.2, 0.25) is 5.91 Å². The van der Waals surface area contributed by atoms with E-state index in [-0.39, 0.29) is 18.3 Å². The SMILES string of the molecule is Cl.O=C(C1CCCc2sccc21)N1CCC(NCC2CC2)CC1. The maximum absolute atomic E-state index is 12.9. The van der Waals surface area contributed by atoms with Crippen LogP contribution in [-0.2, 0) is 11.2 Å². The molecule has 0 radical (unpaired) electrons. The molecule has 2 fully saturated rings. The van der Waals surface area contributed by atoms with Crippen LogP contribution < -0.4 is 5.32 Å². The molecular weight excluding hydrogens is 328 g/mol. The molecule has 0 spiro atoms. The lowest BCUT2D eigenvalue weighted by atomic mass is 9.86. The first kappa shape index (κ1) is 17.2. The Morgan fingerprint density at radius 1 is 1.22 bits per heavy atom. The van der Waals surface area contributed by atoms with E-state index in [1.165, 1.54) is 42.7 Å². The van der Waals surface area contributed by atoms with Gasteiger partial charge in [0.25, 0.3) is 0 Å².